The summed E-state index contributed by atoms with van der Waals surface area (Å²) in [7, 11) is 0. The second-order valence-electron chi connectivity index (χ2n) is 5.28. The van der Waals surface area contributed by atoms with E-state index in [1.54, 1.807) is 19.1 Å². The first-order chi connectivity index (χ1) is 10.4. The summed E-state index contributed by atoms with van der Waals surface area (Å²) in [6.07, 6.45) is 0. The van der Waals surface area contributed by atoms with Gasteiger partial charge in [0.1, 0.15) is 5.82 Å². The Kier molecular flexibility index (Phi) is 7.36. The molecule has 1 aromatic rings. The van der Waals surface area contributed by atoms with Crippen LogP contribution in [0.1, 0.15) is 36.7 Å². The predicted molar refractivity (Wildman–Crippen MR) is 87.7 cm³/mol. The molecule has 0 aliphatic heterocycles. The third-order valence-corrected chi connectivity index (χ3v) is 2.87. The van der Waals surface area contributed by atoms with Crippen molar-refractivity contribution in [3.63, 3.8) is 0 Å². The van der Waals surface area contributed by atoms with Gasteiger partial charge in [-0.25, -0.2) is 4.39 Å². The fourth-order valence-electron chi connectivity index (χ4n) is 1.77. The molecule has 22 heavy (non-hydrogen) atoms. The number of aliphatic imine (C=N–C) groups is 1. The molecule has 6 heteroatoms. The second kappa shape index (κ2) is 9.02. The molecule has 1 aromatic carbocycles. The van der Waals surface area contributed by atoms with Crippen LogP contribution < -0.4 is 16.0 Å². The molecule has 0 unspecified atom stereocenters. The first-order valence-electron chi connectivity index (χ1n) is 7.53. The Hall–Kier alpha value is -2.11. The van der Waals surface area contributed by atoms with E-state index in [1.165, 1.54) is 6.07 Å². The Morgan fingerprint density at radius 2 is 2.05 bits per heavy atom. The number of guanidine groups is 1. The molecule has 122 valence electrons. The Morgan fingerprint density at radius 1 is 1.32 bits per heavy atom. The number of aryl methyl sites for hydroxylation is 1. The molecule has 0 saturated heterocycles. The lowest BCUT2D eigenvalue weighted by atomic mass is 10.1. The lowest BCUT2D eigenvalue weighted by Crippen LogP contribution is -2.41. The molecular weight excluding hydrogens is 283 g/mol. The molecule has 0 aromatic heterocycles. The highest BCUT2D eigenvalue weighted by Crippen LogP contribution is 2.08. The third-order valence-electron chi connectivity index (χ3n) is 2.87. The average Bonchev–Trinajstić information content (AvgIpc) is 2.45. The van der Waals surface area contributed by atoms with E-state index in [1.807, 2.05) is 20.8 Å². The first-order valence-corrected chi connectivity index (χ1v) is 7.53. The summed E-state index contributed by atoms with van der Waals surface area (Å²) in [5, 5.41) is 9.04. The smallest absolute Gasteiger partial charge is 0.251 e. The fourth-order valence-corrected chi connectivity index (χ4v) is 1.77. The van der Waals surface area contributed by atoms with Crippen molar-refractivity contribution in [2.24, 2.45) is 4.99 Å². The summed E-state index contributed by atoms with van der Waals surface area (Å²) >= 11 is 0. The number of hydrogen-bond acceptors (Lipinski definition) is 2. The van der Waals surface area contributed by atoms with Crippen LogP contribution in [0.2, 0.25) is 0 Å². The lowest BCUT2D eigenvalue weighted by Gasteiger charge is -2.14. The number of nitrogens with zero attached hydrogens (tertiary/aromatic N) is 1. The molecule has 0 saturated carbocycles. The Labute approximate surface area is 131 Å². The van der Waals surface area contributed by atoms with Gasteiger partial charge in [-0.3, -0.25) is 9.79 Å². The SMILES string of the molecule is CCNC(=NCCNC(=O)c1ccc(C)c(F)c1)NC(C)C. The largest absolute Gasteiger partial charge is 0.357 e. The van der Waals surface area contributed by atoms with Gasteiger partial charge < -0.3 is 16.0 Å². The van der Waals surface area contributed by atoms with E-state index in [-0.39, 0.29) is 17.8 Å². The van der Waals surface area contributed by atoms with Crippen LogP contribution in [0, 0.1) is 12.7 Å². The van der Waals surface area contributed by atoms with Crippen molar-refractivity contribution >= 4 is 11.9 Å². The maximum absolute atomic E-state index is 13.4. The van der Waals surface area contributed by atoms with E-state index in [9.17, 15) is 9.18 Å². The van der Waals surface area contributed by atoms with E-state index in [4.69, 9.17) is 0 Å². The van der Waals surface area contributed by atoms with Gasteiger partial charge in [-0.15, -0.1) is 0 Å². The Morgan fingerprint density at radius 3 is 2.64 bits per heavy atom. The van der Waals surface area contributed by atoms with Gasteiger partial charge in [-0.1, -0.05) is 6.07 Å². The number of hydrogen-bond donors (Lipinski definition) is 3. The standard InChI is InChI=1S/C16H25FN4O/c1-5-18-16(21-11(2)3)20-9-8-19-15(22)13-7-6-12(4)14(17)10-13/h6-7,10-11H,5,8-9H2,1-4H3,(H,19,22)(H2,18,20,21). The van der Waals surface area contributed by atoms with Crippen molar-refractivity contribution in [2.45, 2.75) is 33.7 Å². The van der Waals surface area contributed by atoms with Crippen molar-refractivity contribution in [3.8, 4) is 0 Å². The zero-order valence-corrected chi connectivity index (χ0v) is 13.7. The van der Waals surface area contributed by atoms with E-state index in [0.29, 0.717) is 30.2 Å². The maximum Gasteiger partial charge on any atom is 0.251 e. The van der Waals surface area contributed by atoms with Crippen LogP contribution in [-0.4, -0.2) is 37.5 Å². The average molecular weight is 308 g/mol. The number of rotatable bonds is 6. The summed E-state index contributed by atoms with van der Waals surface area (Å²) in [4.78, 5) is 16.3. The molecule has 0 aliphatic carbocycles. The molecule has 5 nitrogen and oxygen atoms in total. The minimum atomic E-state index is -0.374. The molecular formula is C16H25FN4O. The maximum atomic E-state index is 13.4. The van der Waals surface area contributed by atoms with Crippen molar-refractivity contribution in [1.29, 1.82) is 0 Å². The van der Waals surface area contributed by atoms with Crippen LogP contribution in [-0.2, 0) is 0 Å². The van der Waals surface area contributed by atoms with Crippen molar-refractivity contribution in [2.75, 3.05) is 19.6 Å². The summed E-state index contributed by atoms with van der Waals surface area (Å²) < 4.78 is 13.4. The van der Waals surface area contributed by atoms with Gasteiger partial charge in [-0.05, 0) is 45.4 Å². The topological polar surface area (TPSA) is 65.5 Å². The lowest BCUT2D eigenvalue weighted by molar-refractivity contribution is 0.0954. The van der Waals surface area contributed by atoms with E-state index in [0.717, 1.165) is 6.54 Å². The van der Waals surface area contributed by atoms with Crippen LogP contribution in [0.15, 0.2) is 23.2 Å². The van der Waals surface area contributed by atoms with Gasteiger partial charge in [0.2, 0.25) is 0 Å². The third kappa shape index (κ3) is 6.11. The zero-order valence-electron chi connectivity index (χ0n) is 13.7. The minimum absolute atomic E-state index is 0.280. The number of amides is 1. The molecule has 1 rings (SSSR count). The zero-order chi connectivity index (χ0) is 16.5. The number of benzene rings is 1. The molecule has 1 amide bonds. The van der Waals surface area contributed by atoms with Gasteiger partial charge in [0, 0.05) is 24.7 Å². The molecule has 0 radical (unpaired) electrons. The summed E-state index contributed by atoms with van der Waals surface area (Å²) in [6.45, 7) is 9.32. The van der Waals surface area contributed by atoms with Crippen LogP contribution >= 0.6 is 0 Å². The monoisotopic (exact) mass is 308 g/mol. The van der Waals surface area contributed by atoms with Crippen molar-refractivity contribution in [3.05, 3.63) is 35.1 Å². The van der Waals surface area contributed by atoms with E-state index < -0.39 is 0 Å². The molecule has 0 bridgehead atoms. The number of carbonyl (C=O) groups is 1. The number of carbonyl (C=O) groups excluding carboxylic acids is 1. The van der Waals surface area contributed by atoms with Gasteiger partial charge in [0.15, 0.2) is 5.96 Å². The highest BCUT2D eigenvalue weighted by atomic mass is 19.1. The quantitative estimate of drug-likeness (QED) is 0.427. The summed E-state index contributed by atoms with van der Waals surface area (Å²) in [6, 6.07) is 4.74. The van der Waals surface area contributed by atoms with Gasteiger partial charge >= 0.3 is 0 Å². The molecule has 3 N–H and O–H groups in total. The molecule has 0 fully saturated rings. The molecule has 0 atom stereocenters. The predicted octanol–water partition coefficient (Wildman–Crippen LogP) is 1.83. The van der Waals surface area contributed by atoms with E-state index in [2.05, 4.69) is 20.9 Å². The van der Waals surface area contributed by atoms with Gasteiger partial charge in [0.25, 0.3) is 5.91 Å². The molecule has 0 spiro atoms. The van der Waals surface area contributed by atoms with Gasteiger partial charge in [-0.2, -0.15) is 0 Å². The fraction of sp³-hybridized carbons (Fsp3) is 0.500. The second-order valence-corrected chi connectivity index (χ2v) is 5.28. The van der Waals surface area contributed by atoms with Crippen LogP contribution in [0.3, 0.4) is 0 Å². The Balaban J connectivity index is 2.48. The summed E-state index contributed by atoms with van der Waals surface area (Å²) in [5.74, 6) is 0.0466. The molecule has 0 aliphatic rings. The normalized spacial score (nSPS) is 11.5. The van der Waals surface area contributed by atoms with Crippen LogP contribution in [0.25, 0.3) is 0 Å². The summed E-state index contributed by atoms with van der Waals surface area (Å²) in [5.41, 5.74) is 0.843. The number of nitrogens with one attached hydrogen (secondary N) is 3. The van der Waals surface area contributed by atoms with Crippen LogP contribution in [0.5, 0.6) is 0 Å². The van der Waals surface area contributed by atoms with Crippen LogP contribution in [0.4, 0.5) is 4.39 Å². The van der Waals surface area contributed by atoms with Gasteiger partial charge in [0.05, 0.1) is 6.54 Å². The highest BCUT2D eigenvalue weighted by Gasteiger charge is 2.07. The molecule has 0 heterocycles. The Bertz CT molecular complexity index is 529. The highest BCUT2D eigenvalue weighted by molar-refractivity contribution is 5.94. The van der Waals surface area contributed by atoms with Crippen molar-refractivity contribution in [1.82, 2.24) is 16.0 Å². The van der Waals surface area contributed by atoms with Crippen molar-refractivity contribution < 1.29 is 9.18 Å². The number of halogens is 1. The minimum Gasteiger partial charge on any atom is -0.357 e. The first kappa shape index (κ1) is 17.9. The van der Waals surface area contributed by atoms with E-state index >= 15 is 0 Å².